The molecule has 1 heterocycles. The molecular weight excluding hydrogens is 370 g/mol. The van der Waals surface area contributed by atoms with Crippen LogP contribution in [0.3, 0.4) is 0 Å². The quantitative estimate of drug-likeness (QED) is 0.429. The van der Waals surface area contributed by atoms with Crippen molar-refractivity contribution in [3.8, 4) is 0 Å². The first-order chi connectivity index (χ1) is 12.3. The summed E-state index contributed by atoms with van der Waals surface area (Å²) in [5.41, 5.74) is 5.33. The molecule has 0 aliphatic carbocycles. The molecule has 0 aromatic carbocycles. The Morgan fingerprint density at radius 2 is 1.81 bits per heavy atom. The number of nitrogens with zero attached hydrogens (tertiary/aromatic N) is 3. The molecule has 1 aromatic rings. The maximum Gasteiger partial charge on any atom is 0.436 e. The summed E-state index contributed by atoms with van der Waals surface area (Å²) < 4.78 is 9.28. The molecule has 0 bridgehead atoms. The number of aliphatic imine (C=N–C) groups is 1. The van der Waals surface area contributed by atoms with E-state index in [0.29, 0.717) is 0 Å². The van der Waals surface area contributed by atoms with Gasteiger partial charge in [0.2, 0.25) is 5.96 Å². The number of guanidine groups is 1. The van der Waals surface area contributed by atoms with Crippen LogP contribution in [0.4, 0.5) is 21.2 Å². The summed E-state index contributed by atoms with van der Waals surface area (Å²) in [7, 11) is 1.54. The van der Waals surface area contributed by atoms with Gasteiger partial charge in [0.1, 0.15) is 0 Å². The molecule has 142 valence electrons. The number of ether oxygens (including phenoxy) is 2. The van der Waals surface area contributed by atoms with Crippen molar-refractivity contribution in [3.63, 3.8) is 0 Å². The number of amides is 3. The first-order valence-corrected chi connectivity index (χ1v) is 7.71. The van der Waals surface area contributed by atoms with Crippen molar-refractivity contribution in [1.82, 2.24) is 20.6 Å². The van der Waals surface area contributed by atoms with Crippen molar-refractivity contribution in [2.75, 3.05) is 31.3 Å². The molecule has 1 rings (SSSR count). The van der Waals surface area contributed by atoms with Crippen LogP contribution in [-0.2, 0) is 9.47 Å². The Hall–Kier alpha value is -3.15. The number of nitrogens with one attached hydrogen (secondary N) is 3. The number of carbonyl (C=O) groups excluding carboxylic acids is 3. The van der Waals surface area contributed by atoms with Crippen LogP contribution in [-0.4, -0.2) is 54.3 Å². The minimum Gasteiger partial charge on any atom is -0.450 e. The number of aromatic nitrogens is 2. The lowest BCUT2D eigenvalue weighted by Gasteiger charge is -2.11. The number of nitrogens with two attached hydrogens (primary N) is 1. The monoisotopic (exact) mass is 387 g/mol. The number of hydrogen-bond donors (Lipinski definition) is 4. The number of carbonyl (C=O) groups is 3. The molecule has 0 aliphatic heterocycles. The van der Waals surface area contributed by atoms with Crippen LogP contribution in [0.2, 0.25) is 5.15 Å². The van der Waals surface area contributed by atoms with E-state index >= 15 is 0 Å². The van der Waals surface area contributed by atoms with E-state index in [9.17, 15) is 14.4 Å². The first kappa shape index (κ1) is 20.9. The SMILES string of the molecule is CCOC(=O)/N=C(\NC(=O)OCC)NC(=O)c1nc(Cl)c(NC)nc1N. The highest BCUT2D eigenvalue weighted by Crippen LogP contribution is 2.19. The zero-order chi connectivity index (χ0) is 19.7. The van der Waals surface area contributed by atoms with Crippen LogP contribution in [0.15, 0.2) is 4.99 Å². The van der Waals surface area contributed by atoms with Gasteiger partial charge in [0.25, 0.3) is 5.91 Å². The minimum absolute atomic E-state index is 0.0441. The molecule has 13 heteroatoms. The largest absolute Gasteiger partial charge is 0.450 e. The molecule has 0 unspecified atom stereocenters. The first-order valence-electron chi connectivity index (χ1n) is 7.33. The predicted octanol–water partition coefficient (Wildman–Crippen LogP) is 0.742. The number of anilines is 2. The van der Waals surface area contributed by atoms with Crippen LogP contribution < -0.4 is 21.7 Å². The maximum absolute atomic E-state index is 12.3. The zero-order valence-corrected chi connectivity index (χ0v) is 15.0. The number of halogens is 1. The second kappa shape index (κ2) is 9.98. The van der Waals surface area contributed by atoms with E-state index in [1.165, 1.54) is 0 Å². The second-order valence-corrected chi connectivity index (χ2v) is 4.66. The summed E-state index contributed by atoms with van der Waals surface area (Å²) in [4.78, 5) is 46.4. The summed E-state index contributed by atoms with van der Waals surface area (Å²) in [6.07, 6.45) is -1.99. The number of rotatable bonds is 4. The van der Waals surface area contributed by atoms with E-state index in [1.54, 1.807) is 20.9 Å². The normalized spacial score (nSPS) is 10.7. The molecule has 5 N–H and O–H groups in total. The third-order valence-electron chi connectivity index (χ3n) is 2.53. The van der Waals surface area contributed by atoms with Gasteiger partial charge >= 0.3 is 12.2 Å². The van der Waals surface area contributed by atoms with E-state index in [2.05, 4.69) is 40.4 Å². The summed E-state index contributed by atoms with van der Waals surface area (Å²) in [5.74, 6) is -1.52. The Bertz CT molecular complexity index is 725. The van der Waals surface area contributed by atoms with Gasteiger partial charge in [-0.25, -0.2) is 19.6 Å². The van der Waals surface area contributed by atoms with Crippen molar-refractivity contribution in [2.24, 2.45) is 4.99 Å². The maximum atomic E-state index is 12.3. The third kappa shape index (κ3) is 6.05. The molecule has 0 spiro atoms. The van der Waals surface area contributed by atoms with Crippen molar-refractivity contribution in [2.45, 2.75) is 13.8 Å². The number of nitrogen functional groups attached to an aromatic ring is 1. The Morgan fingerprint density at radius 1 is 1.15 bits per heavy atom. The van der Waals surface area contributed by atoms with Crippen LogP contribution in [0.1, 0.15) is 24.3 Å². The van der Waals surface area contributed by atoms with E-state index in [1.807, 2.05) is 0 Å². The Balaban J connectivity index is 3.06. The number of hydrogen-bond acceptors (Lipinski definition) is 9. The standard InChI is InChI=1S/C13H18ClN7O5/c1-4-25-12(23)20-11(21-13(24)26-5-2)19-10(22)6-8(15)18-9(16-3)7(14)17-6/h4-5H2,1-3H3,(H3,15,16,18)(H2,19,20,21,22,23,24). The predicted molar refractivity (Wildman–Crippen MR) is 93.1 cm³/mol. The van der Waals surface area contributed by atoms with Gasteiger partial charge in [-0.2, -0.15) is 0 Å². The van der Waals surface area contributed by atoms with Gasteiger partial charge in [-0.3, -0.25) is 15.4 Å². The van der Waals surface area contributed by atoms with E-state index in [0.717, 1.165) is 0 Å². The highest BCUT2D eigenvalue weighted by molar-refractivity contribution is 6.32. The summed E-state index contributed by atoms with van der Waals surface area (Å²) in [6, 6.07) is 0. The third-order valence-corrected chi connectivity index (χ3v) is 2.79. The second-order valence-electron chi connectivity index (χ2n) is 4.31. The van der Waals surface area contributed by atoms with Crippen LogP contribution >= 0.6 is 11.6 Å². The average Bonchev–Trinajstić information content (AvgIpc) is 2.56. The molecule has 1 aromatic heterocycles. The lowest BCUT2D eigenvalue weighted by molar-refractivity contribution is 0.0971. The fourth-order valence-corrected chi connectivity index (χ4v) is 1.74. The molecule has 0 radical (unpaired) electrons. The Morgan fingerprint density at radius 3 is 2.38 bits per heavy atom. The van der Waals surface area contributed by atoms with Crippen molar-refractivity contribution < 1.29 is 23.9 Å². The highest BCUT2D eigenvalue weighted by Gasteiger charge is 2.20. The van der Waals surface area contributed by atoms with E-state index in [4.69, 9.17) is 17.3 Å². The molecule has 0 saturated heterocycles. The molecule has 26 heavy (non-hydrogen) atoms. The van der Waals surface area contributed by atoms with Gasteiger partial charge in [0.15, 0.2) is 22.5 Å². The molecule has 12 nitrogen and oxygen atoms in total. The number of alkyl carbamates (subject to hydrolysis) is 1. The van der Waals surface area contributed by atoms with Crippen molar-refractivity contribution in [3.05, 3.63) is 10.8 Å². The van der Waals surface area contributed by atoms with Gasteiger partial charge in [0.05, 0.1) is 13.2 Å². The van der Waals surface area contributed by atoms with Gasteiger partial charge in [0, 0.05) is 7.05 Å². The van der Waals surface area contributed by atoms with Gasteiger partial charge in [-0.05, 0) is 13.8 Å². The highest BCUT2D eigenvalue weighted by atomic mass is 35.5. The van der Waals surface area contributed by atoms with Crippen LogP contribution in [0, 0.1) is 0 Å². The molecule has 3 amide bonds. The minimum atomic E-state index is -1.04. The van der Waals surface area contributed by atoms with Crippen LogP contribution in [0.5, 0.6) is 0 Å². The summed E-state index contributed by atoms with van der Waals surface area (Å²) >= 11 is 5.87. The summed E-state index contributed by atoms with van der Waals surface area (Å²) in [5, 5.41) is 6.79. The molecule has 0 saturated carbocycles. The lowest BCUT2D eigenvalue weighted by atomic mass is 10.4. The Labute approximate surface area is 153 Å². The fourth-order valence-electron chi connectivity index (χ4n) is 1.52. The van der Waals surface area contributed by atoms with E-state index < -0.39 is 24.1 Å². The lowest BCUT2D eigenvalue weighted by Crippen LogP contribution is -2.45. The Kier molecular flexibility index (Phi) is 8.02. The van der Waals surface area contributed by atoms with Gasteiger partial charge in [-0.1, -0.05) is 11.6 Å². The van der Waals surface area contributed by atoms with Gasteiger partial charge < -0.3 is 20.5 Å². The summed E-state index contributed by atoms with van der Waals surface area (Å²) in [6.45, 7) is 3.24. The molecule has 0 atom stereocenters. The molecular formula is C13H18ClN7O5. The topological polar surface area (TPSA) is 170 Å². The van der Waals surface area contributed by atoms with Gasteiger partial charge in [-0.15, -0.1) is 4.99 Å². The molecule has 0 aliphatic rings. The smallest absolute Gasteiger partial charge is 0.436 e. The zero-order valence-electron chi connectivity index (χ0n) is 14.3. The van der Waals surface area contributed by atoms with Crippen molar-refractivity contribution >= 4 is 47.3 Å². The van der Waals surface area contributed by atoms with Crippen molar-refractivity contribution in [1.29, 1.82) is 0 Å². The molecule has 0 fully saturated rings. The average molecular weight is 388 g/mol. The van der Waals surface area contributed by atoms with Crippen LogP contribution in [0.25, 0.3) is 0 Å². The van der Waals surface area contributed by atoms with E-state index in [-0.39, 0.29) is 35.7 Å². The fraction of sp³-hybridized carbons (Fsp3) is 0.385.